The van der Waals surface area contributed by atoms with E-state index in [1.807, 2.05) is 32.2 Å². The molecule has 150 valence electrons. The van der Waals surface area contributed by atoms with Crippen molar-refractivity contribution in [2.75, 3.05) is 34.9 Å². The molecule has 0 aliphatic carbocycles. The largest absolute Gasteiger partial charge is 0.497 e. The molecule has 0 fully saturated rings. The molecule has 2 aromatic rings. The third kappa shape index (κ3) is 7.17. The van der Waals surface area contributed by atoms with E-state index in [1.165, 1.54) is 5.01 Å². The number of nitrogens with zero attached hydrogens (tertiary/aromatic N) is 3. The number of guanidine groups is 1. The minimum absolute atomic E-state index is 0. The van der Waals surface area contributed by atoms with Crippen LogP contribution >= 0.6 is 35.3 Å². The van der Waals surface area contributed by atoms with Gasteiger partial charge in [0.2, 0.25) is 0 Å². The van der Waals surface area contributed by atoms with Crippen LogP contribution in [0.5, 0.6) is 11.5 Å². The van der Waals surface area contributed by atoms with Crippen LogP contribution in [-0.4, -0.2) is 50.7 Å². The molecule has 2 rings (SSSR count). The third-order valence-electron chi connectivity index (χ3n) is 3.99. The fourth-order valence-electron chi connectivity index (χ4n) is 2.65. The van der Waals surface area contributed by atoms with Gasteiger partial charge in [-0.1, -0.05) is 0 Å². The van der Waals surface area contributed by atoms with Gasteiger partial charge in [-0.05, 0) is 25.5 Å². The molecule has 0 spiro atoms. The zero-order chi connectivity index (χ0) is 18.9. The van der Waals surface area contributed by atoms with Crippen molar-refractivity contribution in [2.45, 2.75) is 26.3 Å². The Morgan fingerprint density at radius 3 is 2.67 bits per heavy atom. The highest BCUT2D eigenvalue weighted by atomic mass is 127. The summed E-state index contributed by atoms with van der Waals surface area (Å²) < 4.78 is 10.7. The van der Waals surface area contributed by atoms with Gasteiger partial charge >= 0.3 is 0 Å². The molecule has 0 bridgehead atoms. The molecule has 1 N–H and O–H groups in total. The number of nitrogens with one attached hydrogen (secondary N) is 1. The summed E-state index contributed by atoms with van der Waals surface area (Å²) in [5, 5.41) is 6.70. The van der Waals surface area contributed by atoms with Crippen molar-refractivity contribution in [3.63, 3.8) is 0 Å². The molecule has 0 radical (unpaired) electrons. The quantitative estimate of drug-likeness (QED) is 0.257. The van der Waals surface area contributed by atoms with Crippen LogP contribution in [0.1, 0.15) is 22.7 Å². The van der Waals surface area contributed by atoms with E-state index >= 15 is 0 Å². The minimum atomic E-state index is 0. The molecule has 0 aliphatic heterocycles. The molecular formula is C19H29IN4O2S. The lowest BCUT2D eigenvalue weighted by Gasteiger charge is -2.23. The summed E-state index contributed by atoms with van der Waals surface area (Å²) in [6.45, 7) is 3.58. The molecule has 8 heteroatoms. The predicted octanol–water partition coefficient (Wildman–Crippen LogP) is 3.73. The monoisotopic (exact) mass is 504 g/mol. The van der Waals surface area contributed by atoms with Gasteiger partial charge in [0.15, 0.2) is 5.96 Å². The van der Waals surface area contributed by atoms with Crippen molar-refractivity contribution in [2.24, 2.45) is 4.99 Å². The molecule has 0 amide bonds. The van der Waals surface area contributed by atoms with Gasteiger partial charge in [0, 0.05) is 56.3 Å². The van der Waals surface area contributed by atoms with E-state index in [9.17, 15) is 0 Å². The molecule has 27 heavy (non-hydrogen) atoms. The maximum atomic E-state index is 5.48. The van der Waals surface area contributed by atoms with E-state index in [4.69, 9.17) is 9.47 Å². The average molecular weight is 504 g/mol. The number of aromatic nitrogens is 1. The Labute approximate surface area is 183 Å². The number of benzene rings is 1. The SMILES string of the molecule is CN=C(NCCCc1nc(C)cs1)N(C)Cc1ccc(OC)cc1OC.I. The van der Waals surface area contributed by atoms with Gasteiger partial charge in [-0.25, -0.2) is 4.98 Å². The Hall–Kier alpha value is -1.55. The summed E-state index contributed by atoms with van der Waals surface area (Å²) in [6, 6.07) is 5.86. The first-order valence-electron chi connectivity index (χ1n) is 8.61. The van der Waals surface area contributed by atoms with Crippen LogP contribution in [-0.2, 0) is 13.0 Å². The first kappa shape index (κ1) is 23.5. The Bertz CT molecular complexity index is 736. The van der Waals surface area contributed by atoms with Crippen molar-refractivity contribution in [3.8, 4) is 11.5 Å². The van der Waals surface area contributed by atoms with Crippen molar-refractivity contribution in [3.05, 3.63) is 39.8 Å². The molecule has 0 atom stereocenters. The molecule has 1 heterocycles. The number of rotatable bonds is 8. The Morgan fingerprint density at radius 2 is 2.07 bits per heavy atom. The summed E-state index contributed by atoms with van der Waals surface area (Å²) in [5.41, 5.74) is 2.18. The molecule has 0 unspecified atom stereocenters. The molecular weight excluding hydrogens is 475 g/mol. The van der Waals surface area contributed by atoms with Gasteiger partial charge in [-0.2, -0.15) is 0 Å². The van der Waals surface area contributed by atoms with Crippen LogP contribution < -0.4 is 14.8 Å². The summed E-state index contributed by atoms with van der Waals surface area (Å²) in [6.07, 6.45) is 2.00. The molecule has 0 aliphatic rings. The number of halogens is 1. The summed E-state index contributed by atoms with van der Waals surface area (Å²) in [4.78, 5) is 11.0. The van der Waals surface area contributed by atoms with Crippen LogP contribution in [0, 0.1) is 6.92 Å². The van der Waals surface area contributed by atoms with E-state index in [-0.39, 0.29) is 24.0 Å². The lowest BCUT2D eigenvalue weighted by atomic mass is 10.2. The second-order valence-corrected chi connectivity index (χ2v) is 6.94. The topological polar surface area (TPSA) is 59.0 Å². The number of ether oxygens (including phenoxy) is 2. The number of methoxy groups -OCH3 is 2. The lowest BCUT2D eigenvalue weighted by Crippen LogP contribution is -2.39. The standard InChI is InChI=1S/C19H28N4O2S.HI/c1-14-13-26-18(22-14)7-6-10-21-19(20-2)23(3)12-15-8-9-16(24-4)11-17(15)25-5;/h8-9,11,13H,6-7,10,12H2,1-5H3,(H,20,21);1H. The van der Waals surface area contributed by atoms with E-state index in [1.54, 1.807) is 32.6 Å². The van der Waals surface area contributed by atoms with Crippen LogP contribution in [0.3, 0.4) is 0 Å². The second-order valence-electron chi connectivity index (χ2n) is 5.99. The smallest absolute Gasteiger partial charge is 0.193 e. The van der Waals surface area contributed by atoms with Crippen LogP contribution in [0.4, 0.5) is 0 Å². The summed E-state index contributed by atoms with van der Waals surface area (Å²) >= 11 is 1.73. The van der Waals surface area contributed by atoms with Crippen molar-refractivity contribution in [1.29, 1.82) is 0 Å². The number of aryl methyl sites for hydroxylation is 2. The second kappa shape index (κ2) is 12.0. The normalized spacial score (nSPS) is 10.9. The van der Waals surface area contributed by atoms with Gasteiger partial charge in [0.25, 0.3) is 0 Å². The first-order valence-corrected chi connectivity index (χ1v) is 9.49. The van der Waals surface area contributed by atoms with Crippen molar-refractivity contribution < 1.29 is 9.47 Å². The van der Waals surface area contributed by atoms with Gasteiger partial charge in [0.05, 0.1) is 19.2 Å². The average Bonchev–Trinajstić information content (AvgIpc) is 3.07. The Kier molecular flexibility index (Phi) is 10.5. The van der Waals surface area contributed by atoms with E-state index in [2.05, 4.69) is 25.6 Å². The maximum absolute atomic E-state index is 5.48. The number of thiazole rings is 1. The molecule has 1 aromatic carbocycles. The fourth-order valence-corrected chi connectivity index (χ4v) is 3.47. The van der Waals surface area contributed by atoms with Gasteiger partial charge in [-0.15, -0.1) is 35.3 Å². The molecule has 0 saturated heterocycles. The van der Waals surface area contributed by atoms with Crippen molar-refractivity contribution in [1.82, 2.24) is 15.2 Å². The highest BCUT2D eigenvalue weighted by molar-refractivity contribution is 14.0. The zero-order valence-electron chi connectivity index (χ0n) is 16.6. The zero-order valence-corrected chi connectivity index (χ0v) is 19.8. The van der Waals surface area contributed by atoms with Gasteiger partial charge < -0.3 is 19.7 Å². The van der Waals surface area contributed by atoms with E-state index in [0.29, 0.717) is 6.54 Å². The van der Waals surface area contributed by atoms with Crippen LogP contribution in [0.25, 0.3) is 0 Å². The highest BCUT2D eigenvalue weighted by Gasteiger charge is 2.11. The van der Waals surface area contributed by atoms with E-state index in [0.717, 1.165) is 48.1 Å². The predicted molar refractivity (Wildman–Crippen MR) is 123 cm³/mol. The van der Waals surface area contributed by atoms with Crippen LogP contribution in [0.2, 0.25) is 0 Å². The Balaban J connectivity index is 0.00000364. The minimum Gasteiger partial charge on any atom is -0.497 e. The van der Waals surface area contributed by atoms with Gasteiger partial charge in [-0.3, -0.25) is 4.99 Å². The first-order chi connectivity index (χ1) is 12.6. The highest BCUT2D eigenvalue weighted by Crippen LogP contribution is 2.25. The summed E-state index contributed by atoms with van der Waals surface area (Å²) in [7, 11) is 7.14. The Morgan fingerprint density at radius 1 is 1.30 bits per heavy atom. The molecule has 6 nitrogen and oxygen atoms in total. The summed E-state index contributed by atoms with van der Waals surface area (Å²) in [5.74, 6) is 2.46. The van der Waals surface area contributed by atoms with Crippen LogP contribution in [0.15, 0.2) is 28.6 Å². The number of hydrogen-bond donors (Lipinski definition) is 1. The van der Waals surface area contributed by atoms with E-state index < -0.39 is 0 Å². The number of hydrogen-bond acceptors (Lipinski definition) is 5. The number of aliphatic imine (C=N–C) groups is 1. The molecule has 0 saturated carbocycles. The lowest BCUT2D eigenvalue weighted by molar-refractivity contribution is 0.382. The molecule has 1 aromatic heterocycles. The third-order valence-corrected chi connectivity index (χ3v) is 5.02. The fraction of sp³-hybridized carbons (Fsp3) is 0.474. The van der Waals surface area contributed by atoms with Crippen molar-refractivity contribution >= 4 is 41.3 Å². The maximum Gasteiger partial charge on any atom is 0.193 e. The van der Waals surface area contributed by atoms with Gasteiger partial charge in [0.1, 0.15) is 11.5 Å².